The maximum atomic E-state index is 9.29. The van der Waals surface area contributed by atoms with E-state index in [0.29, 0.717) is 22.1 Å². The van der Waals surface area contributed by atoms with E-state index in [0.717, 1.165) is 0 Å². The second kappa shape index (κ2) is 4.77. The molecule has 0 bridgehead atoms. The van der Waals surface area contributed by atoms with Crippen LogP contribution in [0.5, 0.6) is 17.2 Å². The molecule has 0 atom stereocenters. The Morgan fingerprint density at radius 1 is 1.18 bits per heavy atom. The molecular weight excluding hydrogens is 238 g/mol. The Labute approximate surface area is 103 Å². The van der Waals surface area contributed by atoms with Crippen LogP contribution in [0.1, 0.15) is 5.56 Å². The van der Waals surface area contributed by atoms with E-state index in [1.807, 2.05) is 6.07 Å². The highest BCUT2D eigenvalue weighted by atomic mass is 35.5. The minimum absolute atomic E-state index is 0.118. The molecule has 0 unspecified atom stereocenters. The number of nitrogens with zero attached hydrogens (tertiary/aromatic N) is 1. The molecule has 0 amide bonds. The zero-order chi connectivity index (χ0) is 12.3. The molecule has 0 aliphatic heterocycles. The lowest BCUT2D eigenvalue weighted by Crippen LogP contribution is -1.86. The van der Waals surface area contributed by atoms with Gasteiger partial charge in [0.15, 0.2) is 0 Å². The van der Waals surface area contributed by atoms with Crippen LogP contribution in [0, 0.1) is 11.3 Å². The number of hydrogen-bond donors (Lipinski definition) is 1. The maximum absolute atomic E-state index is 9.29. The molecule has 2 aromatic rings. The first-order valence-electron chi connectivity index (χ1n) is 4.85. The molecule has 2 aromatic carbocycles. The Balaban J connectivity index is 2.28. The Morgan fingerprint density at radius 2 is 2.00 bits per heavy atom. The highest BCUT2D eigenvalue weighted by Gasteiger charge is 2.04. The summed E-state index contributed by atoms with van der Waals surface area (Å²) in [7, 11) is 0. The normalized spacial score (nSPS) is 9.65. The second-order valence-electron chi connectivity index (χ2n) is 3.36. The monoisotopic (exact) mass is 245 g/mol. The van der Waals surface area contributed by atoms with Gasteiger partial charge in [-0.2, -0.15) is 5.26 Å². The average molecular weight is 246 g/mol. The first-order chi connectivity index (χ1) is 8.19. The van der Waals surface area contributed by atoms with Gasteiger partial charge < -0.3 is 9.84 Å². The summed E-state index contributed by atoms with van der Waals surface area (Å²) in [4.78, 5) is 0. The van der Waals surface area contributed by atoms with Crippen molar-refractivity contribution in [3.05, 3.63) is 53.1 Å². The van der Waals surface area contributed by atoms with E-state index in [1.165, 1.54) is 12.1 Å². The number of nitriles is 1. The van der Waals surface area contributed by atoms with E-state index >= 15 is 0 Å². The molecule has 3 nitrogen and oxygen atoms in total. The summed E-state index contributed by atoms with van der Waals surface area (Å²) < 4.78 is 5.49. The Kier molecular flexibility index (Phi) is 3.17. The van der Waals surface area contributed by atoms with Gasteiger partial charge in [-0.3, -0.25) is 0 Å². The molecule has 0 saturated carbocycles. The van der Waals surface area contributed by atoms with Gasteiger partial charge >= 0.3 is 0 Å². The molecule has 0 fully saturated rings. The number of phenols is 1. The van der Waals surface area contributed by atoms with Crippen LogP contribution in [-0.2, 0) is 0 Å². The van der Waals surface area contributed by atoms with E-state index in [1.54, 1.807) is 30.3 Å². The molecule has 4 heteroatoms. The fourth-order valence-electron chi connectivity index (χ4n) is 1.33. The summed E-state index contributed by atoms with van der Waals surface area (Å²) in [5.41, 5.74) is 0.471. The first kappa shape index (κ1) is 11.3. The zero-order valence-corrected chi connectivity index (χ0v) is 9.48. The molecule has 2 rings (SSSR count). The minimum atomic E-state index is 0.118. The van der Waals surface area contributed by atoms with E-state index in [9.17, 15) is 5.11 Å². The summed E-state index contributed by atoms with van der Waals surface area (Å²) in [6.07, 6.45) is 0. The average Bonchev–Trinajstić information content (AvgIpc) is 2.32. The third-order valence-electron chi connectivity index (χ3n) is 2.11. The van der Waals surface area contributed by atoms with Gasteiger partial charge in [0.2, 0.25) is 0 Å². The third kappa shape index (κ3) is 2.68. The summed E-state index contributed by atoms with van der Waals surface area (Å²) in [6.45, 7) is 0. The van der Waals surface area contributed by atoms with Crippen molar-refractivity contribution in [1.82, 2.24) is 0 Å². The number of halogens is 1. The number of rotatable bonds is 2. The number of aromatic hydroxyl groups is 1. The molecular formula is C13H8ClNO2. The second-order valence-corrected chi connectivity index (χ2v) is 3.76. The van der Waals surface area contributed by atoms with Crippen LogP contribution in [0.4, 0.5) is 0 Å². The van der Waals surface area contributed by atoms with E-state index in [4.69, 9.17) is 21.6 Å². The van der Waals surface area contributed by atoms with Crippen molar-refractivity contribution in [2.24, 2.45) is 0 Å². The van der Waals surface area contributed by atoms with Crippen molar-refractivity contribution < 1.29 is 9.84 Å². The van der Waals surface area contributed by atoms with Crippen molar-refractivity contribution in [2.45, 2.75) is 0 Å². The molecule has 0 aliphatic carbocycles. The van der Waals surface area contributed by atoms with Gasteiger partial charge in [-0.1, -0.05) is 17.7 Å². The van der Waals surface area contributed by atoms with Gasteiger partial charge in [0.25, 0.3) is 0 Å². The molecule has 0 aliphatic rings. The van der Waals surface area contributed by atoms with Crippen LogP contribution < -0.4 is 4.74 Å². The van der Waals surface area contributed by atoms with Gasteiger partial charge in [0, 0.05) is 6.07 Å². The van der Waals surface area contributed by atoms with Crippen LogP contribution in [-0.4, -0.2) is 5.11 Å². The predicted octanol–water partition coefficient (Wildman–Crippen LogP) is 3.71. The molecule has 0 saturated heterocycles. The lowest BCUT2D eigenvalue weighted by molar-refractivity contribution is 0.455. The van der Waals surface area contributed by atoms with E-state index in [-0.39, 0.29) is 5.75 Å². The minimum Gasteiger partial charge on any atom is -0.508 e. The van der Waals surface area contributed by atoms with Crippen molar-refractivity contribution in [3.63, 3.8) is 0 Å². The molecule has 1 N–H and O–H groups in total. The van der Waals surface area contributed by atoms with Crippen LogP contribution >= 0.6 is 11.6 Å². The van der Waals surface area contributed by atoms with E-state index < -0.39 is 0 Å². The van der Waals surface area contributed by atoms with Crippen molar-refractivity contribution in [1.29, 1.82) is 5.26 Å². The number of benzene rings is 2. The highest BCUT2D eigenvalue weighted by molar-refractivity contribution is 6.32. The summed E-state index contributed by atoms with van der Waals surface area (Å²) in [5.74, 6) is 1.04. The zero-order valence-electron chi connectivity index (χ0n) is 8.72. The smallest absolute Gasteiger partial charge is 0.146 e. The quantitative estimate of drug-likeness (QED) is 0.878. The number of hydrogen-bond acceptors (Lipinski definition) is 3. The standard InChI is InChI=1S/C13H8ClNO2/c14-12-6-9(8-15)4-5-13(12)17-11-3-1-2-10(16)7-11/h1-7,16H. The third-order valence-corrected chi connectivity index (χ3v) is 2.40. The van der Waals surface area contributed by atoms with E-state index in [2.05, 4.69) is 0 Å². The fourth-order valence-corrected chi connectivity index (χ4v) is 1.55. The first-order valence-corrected chi connectivity index (χ1v) is 5.23. The van der Waals surface area contributed by atoms with Crippen LogP contribution in [0.15, 0.2) is 42.5 Å². The predicted molar refractivity (Wildman–Crippen MR) is 64.3 cm³/mol. The molecule has 17 heavy (non-hydrogen) atoms. The van der Waals surface area contributed by atoms with Crippen LogP contribution in [0.3, 0.4) is 0 Å². The van der Waals surface area contributed by atoms with Crippen molar-refractivity contribution >= 4 is 11.6 Å². The SMILES string of the molecule is N#Cc1ccc(Oc2cccc(O)c2)c(Cl)c1. The summed E-state index contributed by atoms with van der Waals surface area (Å²) >= 11 is 5.96. The molecule has 0 radical (unpaired) electrons. The largest absolute Gasteiger partial charge is 0.508 e. The summed E-state index contributed by atoms with van der Waals surface area (Å²) in [5, 5.41) is 18.3. The van der Waals surface area contributed by atoms with Gasteiger partial charge in [0.05, 0.1) is 16.7 Å². The Bertz CT molecular complexity index is 590. The van der Waals surface area contributed by atoms with Gasteiger partial charge in [-0.25, -0.2) is 0 Å². The molecule has 0 spiro atoms. The fraction of sp³-hybridized carbons (Fsp3) is 0. The van der Waals surface area contributed by atoms with Crippen LogP contribution in [0.2, 0.25) is 5.02 Å². The van der Waals surface area contributed by atoms with Gasteiger partial charge in [-0.15, -0.1) is 0 Å². The molecule has 0 heterocycles. The molecule has 0 aromatic heterocycles. The van der Waals surface area contributed by atoms with Crippen molar-refractivity contribution in [2.75, 3.05) is 0 Å². The maximum Gasteiger partial charge on any atom is 0.146 e. The lowest BCUT2D eigenvalue weighted by Gasteiger charge is -2.07. The Hall–Kier alpha value is -2.18. The van der Waals surface area contributed by atoms with Crippen LogP contribution in [0.25, 0.3) is 0 Å². The Morgan fingerprint density at radius 3 is 2.65 bits per heavy atom. The molecule has 84 valence electrons. The number of phenolic OH excluding ortho intramolecular Hbond substituents is 1. The topological polar surface area (TPSA) is 53.2 Å². The van der Waals surface area contributed by atoms with Crippen molar-refractivity contribution in [3.8, 4) is 23.3 Å². The van der Waals surface area contributed by atoms with Gasteiger partial charge in [-0.05, 0) is 30.3 Å². The van der Waals surface area contributed by atoms with Gasteiger partial charge in [0.1, 0.15) is 17.2 Å². The highest BCUT2D eigenvalue weighted by Crippen LogP contribution is 2.31. The lowest BCUT2D eigenvalue weighted by atomic mass is 10.2. The summed E-state index contributed by atoms with van der Waals surface area (Å²) in [6, 6.07) is 13.1. The number of ether oxygens (including phenoxy) is 1.